The highest BCUT2D eigenvalue weighted by atomic mass is 16.2. The number of carbonyl (C=O) groups is 1. The molecule has 2 rings (SSSR count). The molecule has 0 bridgehead atoms. The van der Waals surface area contributed by atoms with Gasteiger partial charge in [-0.05, 0) is 19.1 Å². The van der Waals surface area contributed by atoms with Crippen molar-refractivity contribution in [2.24, 2.45) is 0 Å². The van der Waals surface area contributed by atoms with E-state index < -0.39 is 0 Å². The molecule has 1 aliphatic heterocycles. The van der Waals surface area contributed by atoms with Gasteiger partial charge in [-0.15, -0.1) is 0 Å². The third-order valence-electron chi connectivity index (χ3n) is 2.74. The highest BCUT2D eigenvalue weighted by Gasteiger charge is 2.18. The van der Waals surface area contributed by atoms with Crippen molar-refractivity contribution in [3.05, 3.63) is 35.9 Å². The zero-order valence-corrected chi connectivity index (χ0v) is 9.94. The average molecular weight is 228 g/mol. The first-order chi connectivity index (χ1) is 8.25. The van der Waals surface area contributed by atoms with Gasteiger partial charge in [-0.1, -0.05) is 24.1 Å². The molecule has 1 heterocycles. The predicted molar refractivity (Wildman–Crippen MR) is 67.4 cm³/mol. The number of amides is 1. The Kier molecular flexibility index (Phi) is 3.79. The van der Waals surface area contributed by atoms with E-state index in [1.165, 1.54) is 0 Å². The Bertz CT molecular complexity index is 444. The number of hydrogen-bond donors (Lipinski definition) is 1. The molecule has 0 aliphatic carbocycles. The molecule has 1 N–H and O–H groups in total. The summed E-state index contributed by atoms with van der Waals surface area (Å²) in [4.78, 5) is 13.6. The summed E-state index contributed by atoms with van der Waals surface area (Å²) >= 11 is 0. The van der Waals surface area contributed by atoms with Crippen molar-refractivity contribution in [1.82, 2.24) is 10.2 Å². The van der Waals surface area contributed by atoms with Crippen LogP contribution in [0.5, 0.6) is 0 Å². The summed E-state index contributed by atoms with van der Waals surface area (Å²) < 4.78 is 0. The van der Waals surface area contributed by atoms with E-state index in [-0.39, 0.29) is 5.91 Å². The van der Waals surface area contributed by atoms with Crippen LogP contribution in [-0.4, -0.2) is 36.5 Å². The lowest BCUT2D eigenvalue weighted by Gasteiger charge is -2.30. The van der Waals surface area contributed by atoms with Crippen molar-refractivity contribution in [2.45, 2.75) is 13.0 Å². The minimum atomic E-state index is -0.0813. The molecule has 1 aliphatic rings. The second kappa shape index (κ2) is 5.51. The Morgan fingerprint density at radius 2 is 2.18 bits per heavy atom. The Morgan fingerprint density at radius 3 is 2.88 bits per heavy atom. The molecule has 1 amide bonds. The zero-order valence-electron chi connectivity index (χ0n) is 9.94. The molecule has 1 aromatic rings. The molecule has 0 aromatic heterocycles. The van der Waals surface area contributed by atoms with Crippen molar-refractivity contribution in [1.29, 1.82) is 0 Å². The van der Waals surface area contributed by atoms with Gasteiger partial charge in [0, 0.05) is 37.2 Å². The lowest BCUT2D eigenvalue weighted by molar-refractivity contribution is -0.126. The van der Waals surface area contributed by atoms with Crippen LogP contribution in [-0.2, 0) is 4.79 Å². The maximum absolute atomic E-state index is 11.8. The number of nitrogens with zero attached hydrogens (tertiary/aromatic N) is 1. The average Bonchev–Trinajstić information content (AvgIpc) is 2.37. The van der Waals surface area contributed by atoms with E-state index in [4.69, 9.17) is 0 Å². The molecule has 3 heteroatoms. The van der Waals surface area contributed by atoms with Gasteiger partial charge in [0.05, 0.1) is 0 Å². The quantitative estimate of drug-likeness (QED) is 0.668. The molecule has 3 nitrogen and oxygen atoms in total. The van der Waals surface area contributed by atoms with Gasteiger partial charge >= 0.3 is 0 Å². The second-order valence-corrected chi connectivity index (χ2v) is 4.22. The van der Waals surface area contributed by atoms with Gasteiger partial charge in [-0.25, -0.2) is 0 Å². The van der Waals surface area contributed by atoms with Gasteiger partial charge in [-0.3, -0.25) is 4.79 Å². The fourth-order valence-electron chi connectivity index (χ4n) is 1.84. The smallest absolute Gasteiger partial charge is 0.298 e. The molecule has 1 saturated heterocycles. The monoisotopic (exact) mass is 228 g/mol. The first-order valence-electron chi connectivity index (χ1n) is 5.85. The van der Waals surface area contributed by atoms with Gasteiger partial charge in [0.15, 0.2) is 0 Å². The van der Waals surface area contributed by atoms with Gasteiger partial charge in [0.1, 0.15) is 0 Å². The van der Waals surface area contributed by atoms with Crippen molar-refractivity contribution < 1.29 is 4.79 Å². The van der Waals surface area contributed by atoms with E-state index in [0.29, 0.717) is 6.04 Å². The van der Waals surface area contributed by atoms with Gasteiger partial charge < -0.3 is 10.2 Å². The lowest BCUT2D eigenvalue weighted by atomic mass is 10.2. The first kappa shape index (κ1) is 11.7. The van der Waals surface area contributed by atoms with Gasteiger partial charge in [-0.2, -0.15) is 0 Å². The highest BCUT2D eigenvalue weighted by Crippen LogP contribution is 1.99. The van der Waals surface area contributed by atoms with Crippen LogP contribution in [0.1, 0.15) is 12.5 Å². The Hall–Kier alpha value is -1.79. The lowest BCUT2D eigenvalue weighted by Crippen LogP contribution is -2.51. The minimum Gasteiger partial charge on any atom is -0.329 e. The summed E-state index contributed by atoms with van der Waals surface area (Å²) in [6.07, 6.45) is 0. The van der Waals surface area contributed by atoms with Crippen LogP contribution in [0, 0.1) is 11.8 Å². The van der Waals surface area contributed by atoms with Crippen molar-refractivity contribution in [3.63, 3.8) is 0 Å². The van der Waals surface area contributed by atoms with Crippen LogP contribution < -0.4 is 5.32 Å². The van der Waals surface area contributed by atoms with Crippen LogP contribution >= 0.6 is 0 Å². The molecule has 1 atom stereocenters. The first-order valence-corrected chi connectivity index (χ1v) is 5.85. The maximum atomic E-state index is 11.8. The van der Waals surface area contributed by atoms with E-state index in [1.54, 1.807) is 4.90 Å². The molecule has 0 unspecified atom stereocenters. The summed E-state index contributed by atoms with van der Waals surface area (Å²) in [5.74, 6) is 5.51. The van der Waals surface area contributed by atoms with Crippen LogP contribution in [0.4, 0.5) is 0 Å². The molecule has 1 aromatic carbocycles. The highest BCUT2D eigenvalue weighted by molar-refractivity contribution is 5.94. The third-order valence-corrected chi connectivity index (χ3v) is 2.74. The van der Waals surface area contributed by atoms with E-state index in [0.717, 1.165) is 25.2 Å². The molecule has 0 spiro atoms. The third kappa shape index (κ3) is 3.33. The van der Waals surface area contributed by atoms with E-state index in [1.807, 2.05) is 30.3 Å². The van der Waals surface area contributed by atoms with Crippen molar-refractivity contribution in [3.8, 4) is 11.8 Å². The Balaban J connectivity index is 2.00. The summed E-state index contributed by atoms with van der Waals surface area (Å²) in [6, 6.07) is 9.93. The largest absolute Gasteiger partial charge is 0.329 e. The summed E-state index contributed by atoms with van der Waals surface area (Å²) in [6.45, 7) is 4.40. The fraction of sp³-hybridized carbons (Fsp3) is 0.357. The molecule has 0 radical (unpaired) electrons. The summed E-state index contributed by atoms with van der Waals surface area (Å²) in [5, 5.41) is 3.30. The van der Waals surface area contributed by atoms with Crippen molar-refractivity contribution in [2.75, 3.05) is 19.6 Å². The standard InChI is InChI=1S/C14H16N2O/c1-12-11-16(10-9-15-12)14(17)8-7-13-5-3-2-4-6-13/h2-6,12,15H,9-11H2,1H3/t12-/m0/s1. The molecule has 17 heavy (non-hydrogen) atoms. The predicted octanol–water partition coefficient (Wildman–Crippen LogP) is 0.858. The zero-order chi connectivity index (χ0) is 12.1. The number of rotatable bonds is 0. The number of carbonyl (C=O) groups excluding carboxylic acids is 1. The normalized spacial score (nSPS) is 19.4. The number of nitrogens with one attached hydrogen (secondary N) is 1. The van der Waals surface area contributed by atoms with Crippen LogP contribution in [0.2, 0.25) is 0 Å². The maximum Gasteiger partial charge on any atom is 0.298 e. The topological polar surface area (TPSA) is 32.3 Å². The number of hydrogen-bond acceptors (Lipinski definition) is 2. The Morgan fingerprint density at radius 1 is 1.41 bits per heavy atom. The summed E-state index contributed by atoms with van der Waals surface area (Å²) in [5.41, 5.74) is 0.879. The van der Waals surface area contributed by atoms with E-state index in [9.17, 15) is 4.79 Å². The second-order valence-electron chi connectivity index (χ2n) is 4.22. The molecular formula is C14H16N2O. The van der Waals surface area contributed by atoms with Crippen LogP contribution in [0.15, 0.2) is 30.3 Å². The molecule has 0 saturated carbocycles. The molecule has 1 fully saturated rings. The number of benzene rings is 1. The molecular weight excluding hydrogens is 212 g/mol. The minimum absolute atomic E-state index is 0.0813. The number of piperazine rings is 1. The van der Waals surface area contributed by atoms with Crippen molar-refractivity contribution >= 4 is 5.91 Å². The van der Waals surface area contributed by atoms with E-state index >= 15 is 0 Å². The van der Waals surface area contributed by atoms with Crippen LogP contribution in [0.3, 0.4) is 0 Å². The van der Waals surface area contributed by atoms with Gasteiger partial charge in [0.2, 0.25) is 0 Å². The van der Waals surface area contributed by atoms with Crippen LogP contribution in [0.25, 0.3) is 0 Å². The van der Waals surface area contributed by atoms with Gasteiger partial charge in [0.25, 0.3) is 5.91 Å². The summed E-state index contributed by atoms with van der Waals surface area (Å²) in [7, 11) is 0. The molecule has 88 valence electrons. The van der Waals surface area contributed by atoms with E-state index in [2.05, 4.69) is 24.1 Å². The fourth-order valence-corrected chi connectivity index (χ4v) is 1.84. The Labute approximate surface area is 102 Å². The SMILES string of the molecule is C[C@H]1CN(C(=O)C#Cc2ccccc2)CCN1.